The van der Waals surface area contributed by atoms with Crippen LogP contribution in [-0.4, -0.2) is 34.8 Å². The van der Waals surface area contributed by atoms with E-state index in [1.807, 2.05) is 25.3 Å². The van der Waals surface area contributed by atoms with E-state index in [2.05, 4.69) is 17.2 Å². The molecule has 2 aromatic rings. The van der Waals surface area contributed by atoms with E-state index in [4.69, 9.17) is 0 Å². The Balaban J connectivity index is 2.01. The molecule has 0 bridgehead atoms. The van der Waals surface area contributed by atoms with E-state index in [1.54, 1.807) is 11.0 Å². The van der Waals surface area contributed by atoms with Crippen LogP contribution in [0, 0.1) is 13.8 Å². The van der Waals surface area contributed by atoms with Gasteiger partial charge >= 0.3 is 0 Å². The SMILES string of the molecule is CCCCN(CC(=O)Nc1nc(C)c(C)s1)C(=O)c1cccs1. The summed E-state index contributed by atoms with van der Waals surface area (Å²) < 4.78 is 0. The van der Waals surface area contributed by atoms with E-state index in [0.29, 0.717) is 16.6 Å². The van der Waals surface area contributed by atoms with Gasteiger partial charge in [0.25, 0.3) is 5.91 Å². The van der Waals surface area contributed by atoms with Crippen LogP contribution < -0.4 is 5.32 Å². The predicted molar refractivity (Wildman–Crippen MR) is 95.3 cm³/mol. The summed E-state index contributed by atoms with van der Waals surface area (Å²) in [6.07, 6.45) is 1.85. The summed E-state index contributed by atoms with van der Waals surface area (Å²) in [7, 11) is 0. The van der Waals surface area contributed by atoms with Crippen molar-refractivity contribution in [2.24, 2.45) is 0 Å². The molecule has 1 N–H and O–H groups in total. The molecule has 0 aliphatic heterocycles. The lowest BCUT2D eigenvalue weighted by molar-refractivity contribution is -0.116. The highest BCUT2D eigenvalue weighted by atomic mass is 32.1. The third kappa shape index (κ3) is 4.87. The number of aromatic nitrogens is 1. The second-order valence-electron chi connectivity index (χ2n) is 5.27. The Bertz CT molecular complexity index is 645. The fourth-order valence-electron chi connectivity index (χ4n) is 2.02. The number of nitrogens with zero attached hydrogens (tertiary/aromatic N) is 2. The van der Waals surface area contributed by atoms with Gasteiger partial charge in [0.1, 0.15) is 6.54 Å². The average Bonchev–Trinajstić information content (AvgIpc) is 3.13. The molecule has 7 heteroatoms. The summed E-state index contributed by atoms with van der Waals surface area (Å²) in [6.45, 7) is 6.58. The summed E-state index contributed by atoms with van der Waals surface area (Å²) >= 11 is 2.85. The van der Waals surface area contributed by atoms with E-state index < -0.39 is 0 Å². The number of hydrogen-bond donors (Lipinski definition) is 1. The zero-order valence-electron chi connectivity index (χ0n) is 13.6. The summed E-state index contributed by atoms with van der Waals surface area (Å²) in [5, 5.41) is 5.24. The Morgan fingerprint density at radius 2 is 2.13 bits per heavy atom. The molecule has 23 heavy (non-hydrogen) atoms. The lowest BCUT2D eigenvalue weighted by atomic mass is 10.3. The molecule has 5 nitrogen and oxygen atoms in total. The van der Waals surface area contributed by atoms with Gasteiger partial charge in [0, 0.05) is 11.4 Å². The molecule has 0 spiro atoms. The van der Waals surface area contributed by atoms with Crippen LogP contribution in [-0.2, 0) is 4.79 Å². The van der Waals surface area contributed by atoms with Gasteiger partial charge in [-0.3, -0.25) is 9.59 Å². The van der Waals surface area contributed by atoms with Crippen molar-refractivity contribution in [2.45, 2.75) is 33.6 Å². The van der Waals surface area contributed by atoms with E-state index in [-0.39, 0.29) is 18.4 Å². The number of thiophene rings is 1. The Morgan fingerprint density at radius 3 is 2.70 bits per heavy atom. The van der Waals surface area contributed by atoms with Crippen LogP contribution in [0.4, 0.5) is 5.13 Å². The Labute approximate surface area is 144 Å². The molecule has 0 saturated carbocycles. The third-order valence-corrected chi connectivity index (χ3v) is 5.26. The number of carbonyl (C=O) groups excluding carboxylic acids is 2. The number of hydrogen-bond acceptors (Lipinski definition) is 5. The predicted octanol–water partition coefficient (Wildman–Crippen LogP) is 3.70. The first-order chi connectivity index (χ1) is 11.0. The van der Waals surface area contributed by atoms with Gasteiger partial charge in [-0.05, 0) is 31.7 Å². The maximum absolute atomic E-state index is 12.5. The maximum atomic E-state index is 12.5. The molecule has 0 aliphatic carbocycles. The molecule has 2 aromatic heterocycles. The van der Waals surface area contributed by atoms with Crippen molar-refractivity contribution in [1.29, 1.82) is 0 Å². The van der Waals surface area contributed by atoms with Gasteiger partial charge in [0.2, 0.25) is 5.91 Å². The molecule has 0 saturated heterocycles. The Kier molecular flexibility index (Phi) is 6.29. The van der Waals surface area contributed by atoms with Crippen LogP contribution >= 0.6 is 22.7 Å². The van der Waals surface area contributed by atoms with Gasteiger partial charge in [-0.15, -0.1) is 22.7 Å². The lowest BCUT2D eigenvalue weighted by Crippen LogP contribution is -2.38. The van der Waals surface area contributed by atoms with Gasteiger partial charge in [0.05, 0.1) is 10.6 Å². The summed E-state index contributed by atoms with van der Waals surface area (Å²) in [4.78, 5) is 32.4. The smallest absolute Gasteiger partial charge is 0.264 e. The molecule has 0 aromatic carbocycles. The molecule has 2 heterocycles. The standard InChI is InChI=1S/C16H21N3O2S2/c1-4-5-8-19(15(21)13-7-6-9-22-13)10-14(20)18-16-17-11(2)12(3)23-16/h6-7,9H,4-5,8,10H2,1-3H3,(H,17,18,20). The molecule has 124 valence electrons. The number of amides is 2. The van der Waals surface area contributed by atoms with E-state index in [1.165, 1.54) is 22.7 Å². The first kappa shape index (κ1) is 17.6. The van der Waals surface area contributed by atoms with E-state index in [0.717, 1.165) is 23.4 Å². The second kappa shape index (κ2) is 8.21. The van der Waals surface area contributed by atoms with Crippen molar-refractivity contribution < 1.29 is 9.59 Å². The zero-order chi connectivity index (χ0) is 16.8. The highest BCUT2D eigenvalue weighted by molar-refractivity contribution is 7.15. The molecular weight excluding hydrogens is 330 g/mol. The molecule has 2 rings (SSSR count). The fraction of sp³-hybridized carbons (Fsp3) is 0.438. The zero-order valence-corrected chi connectivity index (χ0v) is 15.2. The van der Waals surface area contributed by atoms with Crippen LogP contribution in [0.3, 0.4) is 0 Å². The number of thiazole rings is 1. The van der Waals surface area contributed by atoms with Gasteiger partial charge in [0.15, 0.2) is 5.13 Å². The minimum Gasteiger partial charge on any atom is -0.329 e. The van der Waals surface area contributed by atoms with Crippen molar-refractivity contribution in [3.05, 3.63) is 33.0 Å². The highest BCUT2D eigenvalue weighted by Crippen LogP contribution is 2.21. The van der Waals surface area contributed by atoms with Crippen LogP contribution in [0.25, 0.3) is 0 Å². The molecule has 2 amide bonds. The van der Waals surface area contributed by atoms with Crippen molar-refractivity contribution in [2.75, 3.05) is 18.4 Å². The van der Waals surface area contributed by atoms with Gasteiger partial charge < -0.3 is 10.2 Å². The Morgan fingerprint density at radius 1 is 1.35 bits per heavy atom. The van der Waals surface area contributed by atoms with E-state index >= 15 is 0 Å². The first-order valence-electron chi connectivity index (χ1n) is 7.58. The van der Waals surface area contributed by atoms with Gasteiger partial charge in [-0.2, -0.15) is 0 Å². The maximum Gasteiger partial charge on any atom is 0.264 e. The first-order valence-corrected chi connectivity index (χ1v) is 9.27. The van der Waals surface area contributed by atoms with Gasteiger partial charge in [-0.25, -0.2) is 4.98 Å². The number of anilines is 1. The minimum absolute atomic E-state index is 0.0500. The van der Waals surface area contributed by atoms with Gasteiger partial charge in [-0.1, -0.05) is 19.4 Å². The van der Waals surface area contributed by atoms with Crippen molar-refractivity contribution in [3.63, 3.8) is 0 Å². The normalized spacial score (nSPS) is 10.6. The third-order valence-electron chi connectivity index (χ3n) is 3.41. The summed E-state index contributed by atoms with van der Waals surface area (Å²) in [6, 6.07) is 3.63. The fourth-order valence-corrected chi connectivity index (χ4v) is 3.54. The molecule has 0 unspecified atom stereocenters. The van der Waals surface area contributed by atoms with Crippen molar-refractivity contribution in [3.8, 4) is 0 Å². The number of carbonyl (C=O) groups is 2. The van der Waals surface area contributed by atoms with Crippen molar-refractivity contribution >= 4 is 39.6 Å². The van der Waals surface area contributed by atoms with Crippen LogP contribution in [0.1, 0.15) is 40.0 Å². The molecule has 0 fully saturated rings. The van der Waals surface area contributed by atoms with E-state index in [9.17, 15) is 9.59 Å². The lowest BCUT2D eigenvalue weighted by Gasteiger charge is -2.21. The minimum atomic E-state index is -0.209. The largest absolute Gasteiger partial charge is 0.329 e. The van der Waals surface area contributed by atoms with Crippen LogP contribution in [0.15, 0.2) is 17.5 Å². The number of nitrogens with one attached hydrogen (secondary N) is 1. The van der Waals surface area contributed by atoms with Crippen LogP contribution in [0.2, 0.25) is 0 Å². The highest BCUT2D eigenvalue weighted by Gasteiger charge is 2.20. The second-order valence-corrected chi connectivity index (χ2v) is 7.42. The van der Waals surface area contributed by atoms with Crippen molar-refractivity contribution in [1.82, 2.24) is 9.88 Å². The topological polar surface area (TPSA) is 62.3 Å². The van der Waals surface area contributed by atoms with Crippen LogP contribution in [0.5, 0.6) is 0 Å². The average molecular weight is 351 g/mol. The molecule has 0 radical (unpaired) electrons. The molecular formula is C16H21N3O2S2. The summed E-state index contributed by atoms with van der Waals surface area (Å²) in [5.74, 6) is -0.296. The quantitative estimate of drug-likeness (QED) is 0.827. The molecule has 0 aliphatic rings. The number of rotatable bonds is 7. The number of unbranched alkanes of at least 4 members (excludes halogenated alkanes) is 1. The monoisotopic (exact) mass is 351 g/mol. The number of aryl methyl sites for hydroxylation is 2. The molecule has 0 atom stereocenters. The summed E-state index contributed by atoms with van der Waals surface area (Å²) in [5.41, 5.74) is 0.919. The Hall–Kier alpha value is -1.73.